The number of nitrogens with zero attached hydrogens (tertiary/aromatic N) is 3. The van der Waals surface area contributed by atoms with Gasteiger partial charge < -0.3 is 19.7 Å². The molecule has 1 aromatic rings. The normalized spacial score (nSPS) is 19.7. The highest BCUT2D eigenvalue weighted by atomic mass is 35.5. The third kappa shape index (κ3) is 4.84. The number of halogens is 1. The molecular weight excluding hydrogens is 330 g/mol. The third-order valence-electron chi connectivity index (χ3n) is 3.45. The summed E-state index contributed by atoms with van der Waals surface area (Å²) in [4.78, 5) is 20.1. The summed E-state index contributed by atoms with van der Waals surface area (Å²) in [7, 11) is 5.02. The van der Waals surface area contributed by atoms with Crippen LogP contribution >= 0.6 is 12.4 Å². The van der Waals surface area contributed by atoms with Crippen LogP contribution in [-0.4, -0.2) is 53.9 Å². The molecule has 0 spiro atoms. The largest absolute Gasteiger partial charge is 0.391 e. The Morgan fingerprint density at radius 3 is 2.62 bits per heavy atom. The molecule has 0 aromatic heterocycles. The molecule has 0 saturated carbocycles. The molecule has 0 radical (unpaired) electrons. The van der Waals surface area contributed by atoms with Gasteiger partial charge in [-0.05, 0) is 17.7 Å². The van der Waals surface area contributed by atoms with Gasteiger partial charge >= 0.3 is 0 Å². The minimum atomic E-state index is -1.42. The first-order chi connectivity index (χ1) is 10.9. The number of benzene rings is 1. The molecule has 1 aliphatic heterocycles. The van der Waals surface area contributed by atoms with Crippen molar-refractivity contribution in [3.8, 4) is 0 Å². The van der Waals surface area contributed by atoms with E-state index < -0.39 is 5.72 Å². The molecule has 0 aliphatic carbocycles. The Kier molecular flexibility index (Phi) is 7.00. The second kappa shape index (κ2) is 8.52. The second-order valence-corrected chi connectivity index (χ2v) is 5.50. The van der Waals surface area contributed by atoms with E-state index in [0.717, 1.165) is 5.56 Å². The maximum atomic E-state index is 11.9. The molecule has 0 fully saturated rings. The molecule has 1 amide bonds. The minimum Gasteiger partial charge on any atom is -0.391 e. The average Bonchev–Trinajstić information content (AvgIpc) is 2.54. The highest BCUT2D eigenvalue weighted by Crippen LogP contribution is 2.19. The molecule has 2 rings (SSSR count). The van der Waals surface area contributed by atoms with Gasteiger partial charge in [-0.1, -0.05) is 35.5 Å². The van der Waals surface area contributed by atoms with Crippen LogP contribution in [-0.2, 0) is 16.2 Å². The summed E-state index contributed by atoms with van der Waals surface area (Å²) >= 11 is 0. The Morgan fingerprint density at radius 1 is 1.38 bits per heavy atom. The fourth-order valence-corrected chi connectivity index (χ4v) is 2.00. The maximum Gasteiger partial charge on any atom is 0.254 e. The molecule has 24 heavy (non-hydrogen) atoms. The zero-order valence-electron chi connectivity index (χ0n) is 13.9. The smallest absolute Gasteiger partial charge is 0.254 e. The van der Waals surface area contributed by atoms with Gasteiger partial charge in [-0.25, -0.2) is 0 Å². The van der Waals surface area contributed by atoms with Gasteiger partial charge in [0.15, 0.2) is 5.72 Å². The van der Waals surface area contributed by atoms with Crippen molar-refractivity contribution < 1.29 is 14.7 Å². The van der Waals surface area contributed by atoms with Gasteiger partial charge in [0.1, 0.15) is 12.8 Å². The topological polar surface area (TPSA) is 65.4 Å². The van der Waals surface area contributed by atoms with Crippen molar-refractivity contribution in [1.82, 2.24) is 9.80 Å². The van der Waals surface area contributed by atoms with Crippen LogP contribution in [0.3, 0.4) is 0 Å². The lowest BCUT2D eigenvalue weighted by Crippen LogP contribution is -2.45. The summed E-state index contributed by atoms with van der Waals surface area (Å²) in [6.45, 7) is 0.320. The van der Waals surface area contributed by atoms with Crippen LogP contribution in [0.5, 0.6) is 0 Å². The molecule has 1 heterocycles. The minimum absolute atomic E-state index is 0. The number of likely N-dealkylation sites (N-methyl/N-ethyl adjacent to an activating group) is 2. The monoisotopic (exact) mass is 351 g/mol. The number of carbonyl (C=O) groups excluding carboxylic acids is 1. The number of aliphatic hydroxyl groups is 1. The molecule has 1 atom stereocenters. The van der Waals surface area contributed by atoms with Gasteiger partial charge in [-0.3, -0.25) is 4.79 Å². The summed E-state index contributed by atoms with van der Waals surface area (Å²) in [5, 5.41) is 14.3. The number of hydrogen-bond acceptors (Lipinski definition) is 5. The number of oxime groups is 1. The zero-order chi connectivity index (χ0) is 16.9. The van der Waals surface area contributed by atoms with E-state index in [2.05, 4.69) is 5.16 Å². The number of carbonyl (C=O) groups is 1. The Labute approximate surface area is 148 Å². The van der Waals surface area contributed by atoms with Crippen LogP contribution in [0, 0.1) is 0 Å². The van der Waals surface area contributed by atoms with Gasteiger partial charge in [0, 0.05) is 27.3 Å². The lowest BCUT2D eigenvalue weighted by Gasteiger charge is -2.33. The van der Waals surface area contributed by atoms with E-state index in [4.69, 9.17) is 4.84 Å². The van der Waals surface area contributed by atoms with Crippen molar-refractivity contribution >= 4 is 24.5 Å². The first-order valence-electron chi connectivity index (χ1n) is 7.21. The predicted octanol–water partition coefficient (Wildman–Crippen LogP) is 1.77. The summed E-state index contributed by atoms with van der Waals surface area (Å²) < 4.78 is 0. The van der Waals surface area contributed by atoms with E-state index in [1.165, 1.54) is 22.1 Å². The molecule has 1 unspecified atom stereocenters. The van der Waals surface area contributed by atoms with Gasteiger partial charge in [-0.15, -0.1) is 12.4 Å². The summed E-state index contributed by atoms with van der Waals surface area (Å²) in [5.74, 6) is -0.132. The van der Waals surface area contributed by atoms with Crippen molar-refractivity contribution in [2.75, 3.05) is 21.1 Å². The highest BCUT2D eigenvalue weighted by Gasteiger charge is 2.30. The zero-order valence-corrected chi connectivity index (χ0v) is 14.7. The fraction of sp³-hybridized carbons (Fsp3) is 0.294. The van der Waals surface area contributed by atoms with Crippen LogP contribution in [0.25, 0.3) is 0 Å². The fourth-order valence-electron chi connectivity index (χ4n) is 2.00. The molecule has 130 valence electrons. The summed E-state index contributed by atoms with van der Waals surface area (Å²) in [6, 6.07) is 9.62. The van der Waals surface area contributed by atoms with Gasteiger partial charge in [0.05, 0.1) is 5.57 Å². The molecule has 7 heteroatoms. The van der Waals surface area contributed by atoms with Gasteiger partial charge in [-0.2, -0.15) is 0 Å². The van der Waals surface area contributed by atoms with Crippen LogP contribution < -0.4 is 0 Å². The van der Waals surface area contributed by atoms with Crippen molar-refractivity contribution in [2.24, 2.45) is 5.16 Å². The molecular formula is C17H22ClN3O3. The number of hydrogen-bond donors (Lipinski definition) is 1. The van der Waals surface area contributed by atoms with Gasteiger partial charge in [0.25, 0.3) is 5.91 Å². The second-order valence-electron chi connectivity index (χ2n) is 5.50. The Bertz CT molecular complexity index is 644. The standard InChI is InChI=1S/C17H21N3O3.ClH/c1-19(2)16(21)15-9-10-17(22,20(3)11-15)13-18-23-12-14-7-5-4-6-8-14;/h4-11,13,22H,12H2,1-3H3;1H. The van der Waals surface area contributed by atoms with Crippen molar-refractivity contribution in [2.45, 2.75) is 12.3 Å². The first-order valence-corrected chi connectivity index (χ1v) is 7.21. The third-order valence-corrected chi connectivity index (χ3v) is 3.45. The molecule has 1 aromatic carbocycles. The number of rotatable bonds is 5. The number of amides is 1. The van der Waals surface area contributed by atoms with E-state index >= 15 is 0 Å². The summed E-state index contributed by atoms with van der Waals surface area (Å²) in [6.07, 6.45) is 5.94. The Hall–Kier alpha value is -2.31. The maximum absolute atomic E-state index is 11.9. The predicted molar refractivity (Wildman–Crippen MR) is 95.6 cm³/mol. The summed E-state index contributed by atoms with van der Waals surface area (Å²) in [5.41, 5.74) is 0.0518. The molecule has 6 nitrogen and oxygen atoms in total. The van der Waals surface area contributed by atoms with Crippen LogP contribution in [0.4, 0.5) is 0 Å². The molecule has 1 aliphatic rings. The Morgan fingerprint density at radius 2 is 2.04 bits per heavy atom. The van der Waals surface area contributed by atoms with E-state index in [9.17, 15) is 9.90 Å². The van der Waals surface area contributed by atoms with E-state index in [1.54, 1.807) is 33.4 Å². The Balaban J connectivity index is 0.00000288. The molecule has 1 N–H and O–H groups in total. The van der Waals surface area contributed by atoms with Crippen molar-refractivity contribution in [1.29, 1.82) is 0 Å². The van der Waals surface area contributed by atoms with Crippen LogP contribution in [0.1, 0.15) is 5.56 Å². The van der Waals surface area contributed by atoms with Crippen LogP contribution in [0.2, 0.25) is 0 Å². The first kappa shape index (κ1) is 19.7. The van der Waals surface area contributed by atoms with Crippen molar-refractivity contribution in [3.63, 3.8) is 0 Å². The van der Waals surface area contributed by atoms with Crippen molar-refractivity contribution in [3.05, 3.63) is 59.8 Å². The lowest BCUT2D eigenvalue weighted by atomic mass is 10.1. The van der Waals surface area contributed by atoms with Crippen LogP contribution in [0.15, 0.2) is 59.4 Å². The lowest BCUT2D eigenvalue weighted by molar-refractivity contribution is -0.124. The average molecular weight is 352 g/mol. The highest BCUT2D eigenvalue weighted by molar-refractivity contribution is 5.96. The van der Waals surface area contributed by atoms with E-state index in [1.807, 2.05) is 30.3 Å². The SMILES string of the molecule is CN(C)C(=O)C1=CN(C)C(O)(C=NOCc2ccccc2)C=C1.Cl. The van der Waals surface area contributed by atoms with Gasteiger partial charge in [0.2, 0.25) is 0 Å². The molecule has 0 bridgehead atoms. The molecule has 0 saturated heterocycles. The quantitative estimate of drug-likeness (QED) is 0.648. The van der Waals surface area contributed by atoms with E-state index in [0.29, 0.717) is 12.2 Å². The van der Waals surface area contributed by atoms with E-state index in [-0.39, 0.29) is 18.3 Å².